The molecule has 6 heteroatoms. The minimum atomic E-state index is -1.10. The maximum absolute atomic E-state index is 12.3. The molecule has 1 aliphatic carbocycles. The smallest absolute Gasteiger partial charge is 0.407 e. The molecule has 142 valence electrons. The van der Waals surface area contributed by atoms with Gasteiger partial charge in [0.15, 0.2) is 0 Å². The minimum Gasteiger partial charge on any atom is -0.480 e. The topological polar surface area (TPSA) is 88.0 Å². The monoisotopic (exact) mass is 376 g/mol. The Morgan fingerprint density at radius 3 is 2.32 bits per heavy atom. The SMILES string of the molecule is O=C(N[C@@H](CC1=CN=CC1)C(=O)O)OCC1c2ccccc2-c2ccccc21. The van der Waals surface area contributed by atoms with Crippen molar-refractivity contribution in [3.8, 4) is 11.1 Å². The predicted molar refractivity (Wildman–Crippen MR) is 105 cm³/mol. The Labute approximate surface area is 162 Å². The third-order valence-corrected chi connectivity index (χ3v) is 5.12. The lowest BCUT2D eigenvalue weighted by Crippen LogP contribution is -2.41. The number of aliphatic imine (C=N–C) groups is 1. The normalized spacial score (nSPS) is 15.5. The van der Waals surface area contributed by atoms with Gasteiger partial charge in [-0.1, -0.05) is 48.5 Å². The number of nitrogens with one attached hydrogen (secondary N) is 1. The molecule has 0 unspecified atom stereocenters. The highest BCUT2D eigenvalue weighted by atomic mass is 16.5. The Hall–Kier alpha value is -3.41. The number of hydrogen-bond donors (Lipinski definition) is 2. The second-order valence-electron chi connectivity index (χ2n) is 6.89. The van der Waals surface area contributed by atoms with E-state index in [0.717, 1.165) is 27.8 Å². The van der Waals surface area contributed by atoms with E-state index in [9.17, 15) is 14.7 Å². The number of rotatable bonds is 6. The van der Waals surface area contributed by atoms with E-state index in [2.05, 4.69) is 22.4 Å². The van der Waals surface area contributed by atoms with E-state index >= 15 is 0 Å². The van der Waals surface area contributed by atoms with Crippen molar-refractivity contribution in [2.24, 2.45) is 4.99 Å². The van der Waals surface area contributed by atoms with Gasteiger partial charge in [0.1, 0.15) is 12.6 Å². The molecule has 0 aromatic heterocycles. The van der Waals surface area contributed by atoms with Crippen LogP contribution in [0.4, 0.5) is 4.79 Å². The Bertz CT molecular complexity index is 935. The van der Waals surface area contributed by atoms with E-state index in [1.54, 1.807) is 12.4 Å². The zero-order valence-corrected chi connectivity index (χ0v) is 15.2. The van der Waals surface area contributed by atoms with E-state index in [-0.39, 0.29) is 18.9 Å². The zero-order chi connectivity index (χ0) is 19.5. The highest BCUT2D eigenvalue weighted by molar-refractivity contribution is 5.81. The molecule has 4 rings (SSSR count). The Morgan fingerprint density at radius 2 is 1.75 bits per heavy atom. The molecule has 28 heavy (non-hydrogen) atoms. The number of ether oxygens (including phenoxy) is 1. The molecule has 1 amide bonds. The lowest BCUT2D eigenvalue weighted by Gasteiger charge is -2.17. The first-order valence-corrected chi connectivity index (χ1v) is 9.17. The van der Waals surface area contributed by atoms with E-state index < -0.39 is 18.1 Å². The van der Waals surface area contributed by atoms with Crippen molar-refractivity contribution in [1.29, 1.82) is 0 Å². The molecular weight excluding hydrogens is 356 g/mol. The number of nitrogens with zero attached hydrogens (tertiary/aromatic N) is 1. The number of amides is 1. The third kappa shape index (κ3) is 3.53. The fourth-order valence-electron chi connectivity index (χ4n) is 3.76. The molecule has 1 heterocycles. The minimum absolute atomic E-state index is 0.0626. The van der Waals surface area contributed by atoms with Crippen molar-refractivity contribution in [3.05, 3.63) is 71.4 Å². The summed E-state index contributed by atoms with van der Waals surface area (Å²) in [6, 6.07) is 15.1. The molecule has 2 aromatic carbocycles. The summed E-state index contributed by atoms with van der Waals surface area (Å²) in [5.41, 5.74) is 5.37. The van der Waals surface area contributed by atoms with Gasteiger partial charge in [-0.15, -0.1) is 0 Å². The number of carboxylic acids is 1. The summed E-state index contributed by atoms with van der Waals surface area (Å²) < 4.78 is 5.42. The Kier molecular flexibility index (Phi) is 4.93. The summed E-state index contributed by atoms with van der Waals surface area (Å²) in [5, 5.41) is 11.8. The zero-order valence-electron chi connectivity index (χ0n) is 15.2. The number of carbonyl (C=O) groups is 2. The highest BCUT2D eigenvalue weighted by Crippen LogP contribution is 2.44. The number of hydrogen-bond acceptors (Lipinski definition) is 4. The average molecular weight is 376 g/mol. The molecule has 1 aliphatic heterocycles. The lowest BCUT2D eigenvalue weighted by molar-refractivity contribution is -0.139. The first-order chi connectivity index (χ1) is 13.6. The van der Waals surface area contributed by atoms with Crippen LogP contribution in [0.25, 0.3) is 11.1 Å². The van der Waals surface area contributed by atoms with Crippen molar-refractivity contribution < 1.29 is 19.4 Å². The molecule has 0 fully saturated rings. The van der Waals surface area contributed by atoms with Gasteiger partial charge in [0.05, 0.1) is 0 Å². The van der Waals surface area contributed by atoms with Crippen LogP contribution >= 0.6 is 0 Å². The van der Waals surface area contributed by atoms with E-state index in [0.29, 0.717) is 6.42 Å². The Morgan fingerprint density at radius 1 is 1.11 bits per heavy atom. The molecule has 1 atom stereocenters. The van der Waals surface area contributed by atoms with E-state index in [1.165, 1.54) is 0 Å². The quantitative estimate of drug-likeness (QED) is 0.804. The first kappa shape index (κ1) is 18.0. The lowest BCUT2D eigenvalue weighted by atomic mass is 9.98. The van der Waals surface area contributed by atoms with Crippen LogP contribution in [0.5, 0.6) is 0 Å². The van der Waals surface area contributed by atoms with Gasteiger partial charge in [-0.05, 0) is 27.8 Å². The Balaban J connectivity index is 1.42. The maximum Gasteiger partial charge on any atom is 0.407 e. The highest BCUT2D eigenvalue weighted by Gasteiger charge is 2.30. The van der Waals surface area contributed by atoms with Crippen molar-refractivity contribution in [3.63, 3.8) is 0 Å². The summed E-state index contributed by atoms with van der Waals surface area (Å²) in [6.07, 6.45) is 3.43. The second-order valence-corrected chi connectivity index (χ2v) is 6.89. The number of carboxylic acid groups (broad SMARTS) is 1. The van der Waals surface area contributed by atoms with Crippen LogP contribution in [0.2, 0.25) is 0 Å². The van der Waals surface area contributed by atoms with Crippen molar-refractivity contribution >= 4 is 18.3 Å². The van der Waals surface area contributed by atoms with Crippen LogP contribution in [-0.2, 0) is 9.53 Å². The maximum atomic E-state index is 12.3. The predicted octanol–water partition coefficient (Wildman–Crippen LogP) is 3.73. The van der Waals surface area contributed by atoms with Crippen molar-refractivity contribution in [2.75, 3.05) is 6.61 Å². The van der Waals surface area contributed by atoms with E-state index in [4.69, 9.17) is 4.74 Å². The van der Waals surface area contributed by atoms with Crippen LogP contribution in [0.15, 0.2) is 65.3 Å². The molecule has 0 saturated heterocycles. The van der Waals surface area contributed by atoms with Gasteiger partial charge in [-0.3, -0.25) is 4.99 Å². The molecule has 2 N–H and O–H groups in total. The molecule has 2 aromatic rings. The number of carbonyl (C=O) groups excluding carboxylic acids is 1. The van der Waals surface area contributed by atoms with Crippen LogP contribution in [0.1, 0.15) is 29.9 Å². The van der Waals surface area contributed by atoms with E-state index in [1.807, 2.05) is 36.4 Å². The summed E-state index contributed by atoms with van der Waals surface area (Å²) in [4.78, 5) is 27.7. The second kappa shape index (κ2) is 7.68. The fourth-order valence-corrected chi connectivity index (χ4v) is 3.76. The van der Waals surface area contributed by atoms with Crippen molar-refractivity contribution in [1.82, 2.24) is 5.32 Å². The first-order valence-electron chi connectivity index (χ1n) is 9.17. The van der Waals surface area contributed by atoms with Crippen LogP contribution in [0, 0.1) is 0 Å². The molecule has 6 nitrogen and oxygen atoms in total. The van der Waals surface area contributed by atoms with Crippen LogP contribution < -0.4 is 5.32 Å². The summed E-state index contributed by atoms with van der Waals surface area (Å²) in [7, 11) is 0. The van der Waals surface area contributed by atoms with Crippen LogP contribution in [0.3, 0.4) is 0 Å². The van der Waals surface area contributed by atoms with Gasteiger partial charge in [0.25, 0.3) is 0 Å². The average Bonchev–Trinajstić information content (AvgIpc) is 3.32. The van der Waals surface area contributed by atoms with Crippen LogP contribution in [-0.4, -0.2) is 36.0 Å². The molecule has 0 bridgehead atoms. The molecule has 0 saturated carbocycles. The van der Waals surface area contributed by atoms with Gasteiger partial charge in [-0.2, -0.15) is 0 Å². The fraction of sp³-hybridized carbons (Fsp3) is 0.227. The van der Waals surface area contributed by atoms with Gasteiger partial charge >= 0.3 is 12.1 Å². The molecule has 0 spiro atoms. The molecular formula is C22H20N2O4. The van der Waals surface area contributed by atoms with Gasteiger partial charge in [0, 0.05) is 31.2 Å². The number of alkyl carbamates (subject to hydrolysis) is 1. The largest absolute Gasteiger partial charge is 0.480 e. The summed E-state index contributed by atoms with van der Waals surface area (Å²) in [5.74, 6) is -1.16. The summed E-state index contributed by atoms with van der Waals surface area (Å²) >= 11 is 0. The van der Waals surface area contributed by atoms with Crippen molar-refractivity contribution in [2.45, 2.75) is 24.8 Å². The number of benzene rings is 2. The third-order valence-electron chi connectivity index (χ3n) is 5.12. The van der Waals surface area contributed by atoms with Gasteiger partial charge in [-0.25, -0.2) is 9.59 Å². The molecule has 2 aliphatic rings. The number of fused-ring (bicyclic) bond motifs is 3. The standard InChI is InChI=1S/C22H20N2O4/c25-21(26)20(11-14-9-10-23-12-14)24-22(27)28-13-19-17-7-3-1-5-15(17)16-6-2-4-8-18(16)19/h1-8,10,12,19-20H,9,11,13H2,(H,24,27)(H,25,26)/t20-/m0/s1. The van der Waals surface area contributed by atoms with Gasteiger partial charge < -0.3 is 15.2 Å². The molecule has 0 radical (unpaired) electrons. The van der Waals surface area contributed by atoms with Gasteiger partial charge in [0.2, 0.25) is 0 Å². The summed E-state index contributed by atoms with van der Waals surface area (Å²) in [6.45, 7) is 0.151. The number of aliphatic carboxylic acids is 1.